The van der Waals surface area contributed by atoms with Crippen molar-refractivity contribution < 1.29 is 9.50 Å². The third-order valence-electron chi connectivity index (χ3n) is 3.34. The lowest BCUT2D eigenvalue weighted by Gasteiger charge is -2.19. The Morgan fingerprint density at radius 2 is 2.20 bits per heavy atom. The number of hydrogen-bond donors (Lipinski definition) is 1. The van der Waals surface area contributed by atoms with Gasteiger partial charge in [0.25, 0.3) is 0 Å². The fraction of sp³-hybridized carbons (Fsp3) is 0.500. The van der Waals surface area contributed by atoms with E-state index < -0.39 is 0 Å². The van der Waals surface area contributed by atoms with Crippen molar-refractivity contribution in [1.82, 2.24) is 0 Å². The van der Waals surface area contributed by atoms with E-state index >= 15 is 0 Å². The number of benzene rings is 1. The molecule has 1 N–H and O–H groups in total. The zero-order valence-corrected chi connectivity index (χ0v) is 9.39. The van der Waals surface area contributed by atoms with Gasteiger partial charge in [0.1, 0.15) is 5.82 Å². The Morgan fingerprint density at radius 3 is 2.67 bits per heavy atom. The minimum absolute atomic E-state index is 0.0124. The normalized spacial score (nSPS) is 20.0. The average molecular weight is 229 g/mol. The molecule has 0 radical (unpaired) electrons. The molecule has 0 aromatic heterocycles. The van der Waals surface area contributed by atoms with E-state index in [1.165, 1.54) is 12.1 Å². The van der Waals surface area contributed by atoms with Crippen LogP contribution in [0.1, 0.15) is 25.3 Å². The number of aliphatic hydroxyl groups is 1. The molecule has 1 fully saturated rings. The lowest BCUT2D eigenvalue weighted by molar-refractivity contribution is 0.110. The highest BCUT2D eigenvalue weighted by Crippen LogP contribution is 2.51. The van der Waals surface area contributed by atoms with Crippen molar-refractivity contribution in [3.8, 4) is 0 Å². The topological polar surface area (TPSA) is 20.2 Å². The first-order chi connectivity index (χ1) is 7.03. The monoisotopic (exact) mass is 228 g/mol. The average Bonchev–Trinajstić information content (AvgIpc) is 2.91. The molecule has 1 aromatic carbocycles. The van der Waals surface area contributed by atoms with Gasteiger partial charge in [-0.25, -0.2) is 4.39 Å². The van der Waals surface area contributed by atoms with E-state index in [9.17, 15) is 9.50 Å². The van der Waals surface area contributed by atoms with E-state index in [1.807, 2.05) is 6.92 Å². The third-order valence-corrected chi connectivity index (χ3v) is 3.69. The summed E-state index contributed by atoms with van der Waals surface area (Å²) in [6.07, 6.45) is 2.47. The highest BCUT2D eigenvalue weighted by Gasteiger charge is 2.46. The minimum atomic E-state index is -0.321. The first kappa shape index (κ1) is 10.9. The van der Waals surface area contributed by atoms with Gasteiger partial charge >= 0.3 is 0 Å². The Balaban J connectivity index is 2.18. The summed E-state index contributed by atoms with van der Waals surface area (Å²) in [5.74, 6) is -0.314. The van der Waals surface area contributed by atoms with Crippen LogP contribution in [0.4, 0.5) is 4.39 Å². The van der Waals surface area contributed by atoms with Gasteiger partial charge in [-0.05, 0) is 43.9 Å². The molecule has 0 saturated heterocycles. The standard InChI is InChI=1S/C12H14ClFO/c1-8(15)12(4-5-12)7-9-2-3-10(14)6-11(9)13/h2-3,6,8,15H,4-5,7H2,1H3. The van der Waals surface area contributed by atoms with Crippen LogP contribution in [0.15, 0.2) is 18.2 Å². The first-order valence-corrected chi connectivity index (χ1v) is 5.53. The second-order valence-corrected chi connectivity index (χ2v) is 4.86. The van der Waals surface area contributed by atoms with Crippen molar-refractivity contribution in [2.24, 2.45) is 5.41 Å². The van der Waals surface area contributed by atoms with Crippen LogP contribution in [0, 0.1) is 11.2 Å². The molecule has 1 atom stereocenters. The van der Waals surface area contributed by atoms with Crippen molar-refractivity contribution in [2.45, 2.75) is 32.3 Å². The molecular formula is C12H14ClFO. The highest BCUT2D eigenvalue weighted by molar-refractivity contribution is 6.31. The maximum atomic E-state index is 12.8. The van der Waals surface area contributed by atoms with Crippen LogP contribution in [0.2, 0.25) is 5.02 Å². The molecule has 0 spiro atoms. The van der Waals surface area contributed by atoms with E-state index in [0.717, 1.165) is 24.8 Å². The van der Waals surface area contributed by atoms with Crippen LogP contribution in [0.3, 0.4) is 0 Å². The minimum Gasteiger partial charge on any atom is -0.393 e. The predicted molar refractivity (Wildman–Crippen MR) is 58.5 cm³/mol. The van der Waals surface area contributed by atoms with Gasteiger partial charge < -0.3 is 5.11 Å². The lowest BCUT2D eigenvalue weighted by Crippen LogP contribution is -2.20. The van der Waals surface area contributed by atoms with E-state index in [4.69, 9.17) is 11.6 Å². The van der Waals surface area contributed by atoms with E-state index in [2.05, 4.69) is 0 Å². The molecule has 1 aliphatic carbocycles. The molecule has 0 heterocycles. The number of aliphatic hydroxyl groups excluding tert-OH is 1. The van der Waals surface area contributed by atoms with E-state index in [1.54, 1.807) is 6.07 Å². The van der Waals surface area contributed by atoms with Gasteiger partial charge in [-0.2, -0.15) is 0 Å². The van der Waals surface area contributed by atoms with Crippen LogP contribution >= 0.6 is 11.6 Å². The van der Waals surface area contributed by atoms with Crippen molar-refractivity contribution >= 4 is 11.6 Å². The zero-order valence-electron chi connectivity index (χ0n) is 8.63. The van der Waals surface area contributed by atoms with Gasteiger partial charge in [-0.3, -0.25) is 0 Å². The summed E-state index contributed by atoms with van der Waals surface area (Å²) >= 11 is 5.95. The summed E-state index contributed by atoms with van der Waals surface area (Å²) in [6, 6.07) is 4.45. The summed E-state index contributed by atoms with van der Waals surface area (Å²) in [5, 5.41) is 10.1. The molecule has 3 heteroatoms. The number of rotatable bonds is 3. The van der Waals surface area contributed by atoms with Crippen molar-refractivity contribution in [1.29, 1.82) is 0 Å². The molecule has 0 aliphatic heterocycles. The van der Waals surface area contributed by atoms with Gasteiger partial charge in [0.2, 0.25) is 0 Å². The first-order valence-electron chi connectivity index (χ1n) is 5.15. The van der Waals surface area contributed by atoms with Crippen LogP contribution < -0.4 is 0 Å². The maximum Gasteiger partial charge on any atom is 0.124 e. The van der Waals surface area contributed by atoms with Gasteiger partial charge in [0.05, 0.1) is 6.10 Å². The fourth-order valence-corrected chi connectivity index (χ4v) is 2.18. The molecule has 15 heavy (non-hydrogen) atoms. The molecule has 2 rings (SSSR count). The van der Waals surface area contributed by atoms with Crippen molar-refractivity contribution in [3.63, 3.8) is 0 Å². The molecule has 82 valence electrons. The summed E-state index contributed by atoms with van der Waals surface area (Å²) in [5.41, 5.74) is 0.915. The smallest absolute Gasteiger partial charge is 0.124 e. The Hall–Kier alpha value is -0.600. The summed E-state index contributed by atoms with van der Waals surface area (Å²) in [7, 11) is 0. The maximum absolute atomic E-state index is 12.8. The van der Waals surface area contributed by atoms with Crippen LogP contribution in [-0.4, -0.2) is 11.2 Å². The highest BCUT2D eigenvalue weighted by atomic mass is 35.5. The quantitative estimate of drug-likeness (QED) is 0.843. The van der Waals surface area contributed by atoms with Gasteiger partial charge in [0.15, 0.2) is 0 Å². The second kappa shape index (κ2) is 3.76. The molecule has 1 aromatic rings. The van der Waals surface area contributed by atoms with Gasteiger partial charge in [-0.1, -0.05) is 17.7 Å². The van der Waals surface area contributed by atoms with Crippen LogP contribution in [0.25, 0.3) is 0 Å². The zero-order chi connectivity index (χ0) is 11.1. The summed E-state index contributed by atoms with van der Waals surface area (Å²) < 4.78 is 12.8. The van der Waals surface area contributed by atoms with Gasteiger partial charge in [0, 0.05) is 10.4 Å². The van der Waals surface area contributed by atoms with Crippen LogP contribution in [-0.2, 0) is 6.42 Å². The summed E-state index contributed by atoms with van der Waals surface area (Å²) in [4.78, 5) is 0. The fourth-order valence-electron chi connectivity index (χ4n) is 1.95. The SMILES string of the molecule is CC(O)C1(Cc2ccc(F)cc2Cl)CC1. The Morgan fingerprint density at radius 1 is 1.53 bits per heavy atom. The molecule has 1 aliphatic rings. The Labute approximate surface area is 93.9 Å². The second-order valence-electron chi connectivity index (χ2n) is 4.45. The molecule has 0 bridgehead atoms. The molecule has 1 saturated carbocycles. The van der Waals surface area contributed by atoms with E-state index in [-0.39, 0.29) is 17.3 Å². The number of hydrogen-bond acceptors (Lipinski definition) is 1. The Kier molecular flexibility index (Phi) is 2.73. The van der Waals surface area contributed by atoms with E-state index in [0.29, 0.717) is 5.02 Å². The molecular weight excluding hydrogens is 215 g/mol. The largest absolute Gasteiger partial charge is 0.393 e. The Bertz CT molecular complexity index is 372. The van der Waals surface area contributed by atoms with Crippen molar-refractivity contribution in [2.75, 3.05) is 0 Å². The third kappa shape index (κ3) is 2.16. The van der Waals surface area contributed by atoms with Gasteiger partial charge in [-0.15, -0.1) is 0 Å². The molecule has 1 nitrogen and oxygen atoms in total. The lowest BCUT2D eigenvalue weighted by atomic mass is 9.92. The number of halogens is 2. The van der Waals surface area contributed by atoms with Crippen molar-refractivity contribution in [3.05, 3.63) is 34.6 Å². The molecule has 0 amide bonds. The van der Waals surface area contributed by atoms with Crippen LogP contribution in [0.5, 0.6) is 0 Å². The predicted octanol–water partition coefficient (Wildman–Crippen LogP) is 3.18. The molecule has 1 unspecified atom stereocenters. The summed E-state index contributed by atoms with van der Waals surface area (Å²) in [6.45, 7) is 1.81.